The number of anilines is 1. The molecule has 1 fully saturated rings. The molecule has 0 unspecified atom stereocenters. The number of benzene rings is 1. The van der Waals surface area contributed by atoms with Gasteiger partial charge in [0.05, 0.1) is 17.7 Å². The van der Waals surface area contributed by atoms with E-state index in [1.165, 1.54) is 25.0 Å². The molecule has 18 heavy (non-hydrogen) atoms. The van der Waals surface area contributed by atoms with Crippen LogP contribution in [0.5, 0.6) is 5.75 Å². The van der Waals surface area contributed by atoms with E-state index < -0.39 is 10.0 Å². The van der Waals surface area contributed by atoms with Crippen LogP contribution in [0, 0.1) is 0 Å². The van der Waals surface area contributed by atoms with Crippen LogP contribution in [-0.4, -0.2) is 21.6 Å². The van der Waals surface area contributed by atoms with Crippen LogP contribution in [-0.2, 0) is 10.0 Å². The molecule has 0 atom stereocenters. The summed E-state index contributed by atoms with van der Waals surface area (Å²) >= 11 is 0. The first-order chi connectivity index (χ1) is 8.50. The highest BCUT2D eigenvalue weighted by Gasteiger charge is 2.18. The molecule has 0 amide bonds. The van der Waals surface area contributed by atoms with Gasteiger partial charge in [-0.2, -0.15) is 0 Å². The molecule has 0 bridgehead atoms. The second kappa shape index (κ2) is 5.16. The number of rotatable bonds is 4. The summed E-state index contributed by atoms with van der Waals surface area (Å²) in [7, 11) is -2.12. The zero-order valence-corrected chi connectivity index (χ0v) is 11.2. The van der Waals surface area contributed by atoms with Crippen molar-refractivity contribution in [3.05, 3.63) is 18.2 Å². The van der Waals surface area contributed by atoms with Gasteiger partial charge in [0, 0.05) is 6.04 Å². The van der Waals surface area contributed by atoms with Crippen molar-refractivity contribution in [1.29, 1.82) is 0 Å². The van der Waals surface area contributed by atoms with E-state index in [2.05, 4.69) is 5.32 Å². The fraction of sp³-hybridized carbons (Fsp3) is 0.500. The van der Waals surface area contributed by atoms with E-state index in [9.17, 15) is 8.42 Å². The molecule has 1 aromatic rings. The second-order valence-electron chi connectivity index (χ2n) is 4.53. The van der Waals surface area contributed by atoms with E-state index in [1.807, 2.05) is 0 Å². The lowest BCUT2D eigenvalue weighted by molar-refractivity contribution is 0.415. The summed E-state index contributed by atoms with van der Waals surface area (Å²) in [6.07, 6.45) is 4.61. The molecule has 3 N–H and O–H groups in total. The van der Waals surface area contributed by atoms with Gasteiger partial charge < -0.3 is 10.1 Å². The third-order valence-electron chi connectivity index (χ3n) is 3.21. The number of nitrogens with one attached hydrogen (secondary N) is 1. The number of ether oxygens (including phenoxy) is 1. The standard InChI is InChI=1S/C12H18N2O3S/c1-17-12-7-6-10(18(13,15)16)8-11(12)14-9-4-2-3-5-9/h6-9,14H,2-5H2,1H3,(H2,13,15,16). The van der Waals surface area contributed by atoms with Crippen LogP contribution in [0.1, 0.15) is 25.7 Å². The van der Waals surface area contributed by atoms with E-state index in [4.69, 9.17) is 9.88 Å². The maximum Gasteiger partial charge on any atom is 0.238 e. The molecule has 0 heterocycles. The Balaban J connectivity index is 2.30. The van der Waals surface area contributed by atoms with Crippen LogP contribution in [0.15, 0.2) is 23.1 Å². The van der Waals surface area contributed by atoms with Crippen LogP contribution < -0.4 is 15.2 Å². The van der Waals surface area contributed by atoms with E-state index in [-0.39, 0.29) is 4.90 Å². The average molecular weight is 270 g/mol. The van der Waals surface area contributed by atoms with Crippen LogP contribution in [0.4, 0.5) is 5.69 Å². The topological polar surface area (TPSA) is 81.4 Å². The Labute approximate surface area is 107 Å². The molecular formula is C12H18N2O3S. The minimum Gasteiger partial charge on any atom is -0.495 e. The van der Waals surface area contributed by atoms with Crippen molar-refractivity contribution in [3.63, 3.8) is 0 Å². The lowest BCUT2D eigenvalue weighted by Crippen LogP contribution is -2.17. The van der Waals surface area contributed by atoms with E-state index in [1.54, 1.807) is 13.2 Å². The van der Waals surface area contributed by atoms with Gasteiger partial charge in [-0.15, -0.1) is 0 Å². The van der Waals surface area contributed by atoms with Crippen molar-refractivity contribution in [2.24, 2.45) is 5.14 Å². The molecule has 6 heteroatoms. The minimum atomic E-state index is -3.68. The number of primary sulfonamides is 1. The van der Waals surface area contributed by atoms with Gasteiger partial charge in [0.2, 0.25) is 10.0 Å². The molecule has 5 nitrogen and oxygen atoms in total. The summed E-state index contributed by atoms with van der Waals surface area (Å²) < 4.78 is 27.9. The monoisotopic (exact) mass is 270 g/mol. The van der Waals surface area contributed by atoms with Gasteiger partial charge in [0.25, 0.3) is 0 Å². The summed E-state index contributed by atoms with van der Waals surface area (Å²) in [6.45, 7) is 0. The maximum atomic E-state index is 11.3. The smallest absolute Gasteiger partial charge is 0.238 e. The van der Waals surface area contributed by atoms with Crippen molar-refractivity contribution >= 4 is 15.7 Å². The summed E-state index contributed by atoms with van der Waals surface area (Å²) in [6, 6.07) is 4.99. The van der Waals surface area contributed by atoms with Gasteiger partial charge in [-0.3, -0.25) is 0 Å². The van der Waals surface area contributed by atoms with Gasteiger partial charge in [-0.05, 0) is 31.0 Å². The number of hydrogen-bond donors (Lipinski definition) is 2. The summed E-state index contributed by atoms with van der Waals surface area (Å²) in [5, 5.41) is 8.46. The molecule has 1 saturated carbocycles. The average Bonchev–Trinajstić information content (AvgIpc) is 2.80. The number of sulfonamides is 1. The van der Waals surface area contributed by atoms with Crippen molar-refractivity contribution in [3.8, 4) is 5.75 Å². The van der Waals surface area contributed by atoms with Crippen molar-refractivity contribution in [2.75, 3.05) is 12.4 Å². The first-order valence-electron chi connectivity index (χ1n) is 5.98. The molecule has 0 aromatic heterocycles. The quantitative estimate of drug-likeness (QED) is 0.872. The number of hydrogen-bond acceptors (Lipinski definition) is 4. The molecule has 0 aliphatic heterocycles. The van der Waals surface area contributed by atoms with Crippen molar-refractivity contribution in [2.45, 2.75) is 36.6 Å². The molecule has 100 valence electrons. The molecule has 1 aliphatic rings. The highest BCUT2D eigenvalue weighted by atomic mass is 32.2. The third kappa shape index (κ3) is 2.94. The Hall–Kier alpha value is -1.27. The molecule has 0 saturated heterocycles. The maximum absolute atomic E-state index is 11.3. The minimum absolute atomic E-state index is 0.101. The molecule has 2 rings (SSSR count). The first-order valence-corrected chi connectivity index (χ1v) is 7.53. The molecule has 0 spiro atoms. The Kier molecular flexibility index (Phi) is 3.77. The van der Waals surface area contributed by atoms with Gasteiger partial charge >= 0.3 is 0 Å². The van der Waals surface area contributed by atoms with Crippen molar-refractivity contribution < 1.29 is 13.2 Å². The molecule has 0 radical (unpaired) electrons. The lowest BCUT2D eigenvalue weighted by Gasteiger charge is -2.17. The fourth-order valence-electron chi connectivity index (χ4n) is 2.27. The fourth-order valence-corrected chi connectivity index (χ4v) is 2.81. The highest BCUT2D eigenvalue weighted by molar-refractivity contribution is 7.89. The van der Waals surface area contributed by atoms with Crippen LogP contribution in [0.2, 0.25) is 0 Å². The third-order valence-corrected chi connectivity index (χ3v) is 4.13. The number of methoxy groups -OCH3 is 1. The van der Waals surface area contributed by atoms with Gasteiger partial charge in [0.1, 0.15) is 5.75 Å². The first kappa shape index (κ1) is 13.2. The Morgan fingerprint density at radius 1 is 1.33 bits per heavy atom. The van der Waals surface area contributed by atoms with Crippen LogP contribution in [0.25, 0.3) is 0 Å². The van der Waals surface area contributed by atoms with Gasteiger partial charge in [0.15, 0.2) is 0 Å². The molecule has 1 aromatic carbocycles. The summed E-state index contributed by atoms with van der Waals surface area (Å²) in [5.41, 5.74) is 0.691. The second-order valence-corrected chi connectivity index (χ2v) is 6.09. The lowest BCUT2D eigenvalue weighted by atomic mass is 10.2. The summed E-state index contributed by atoms with van der Waals surface area (Å²) in [4.78, 5) is 0.101. The normalized spacial score (nSPS) is 16.8. The Morgan fingerprint density at radius 2 is 2.00 bits per heavy atom. The predicted octanol–water partition coefficient (Wildman–Crippen LogP) is 1.70. The van der Waals surface area contributed by atoms with Gasteiger partial charge in [-0.25, -0.2) is 13.6 Å². The Morgan fingerprint density at radius 3 is 2.56 bits per heavy atom. The van der Waals surface area contributed by atoms with Gasteiger partial charge in [-0.1, -0.05) is 12.8 Å². The molecule has 1 aliphatic carbocycles. The zero-order chi connectivity index (χ0) is 13.2. The Bertz CT molecular complexity index is 522. The SMILES string of the molecule is COc1ccc(S(N)(=O)=O)cc1NC1CCCC1. The molecular weight excluding hydrogens is 252 g/mol. The largest absolute Gasteiger partial charge is 0.495 e. The van der Waals surface area contributed by atoms with E-state index in [0.29, 0.717) is 17.5 Å². The zero-order valence-electron chi connectivity index (χ0n) is 10.3. The van der Waals surface area contributed by atoms with Crippen LogP contribution in [0.3, 0.4) is 0 Å². The van der Waals surface area contributed by atoms with E-state index in [0.717, 1.165) is 12.8 Å². The highest BCUT2D eigenvalue weighted by Crippen LogP contribution is 2.30. The number of nitrogens with two attached hydrogens (primary N) is 1. The van der Waals surface area contributed by atoms with Crippen molar-refractivity contribution in [1.82, 2.24) is 0 Å². The summed E-state index contributed by atoms with van der Waals surface area (Å²) in [5.74, 6) is 0.634. The van der Waals surface area contributed by atoms with Crippen LogP contribution >= 0.6 is 0 Å². The van der Waals surface area contributed by atoms with E-state index >= 15 is 0 Å². The predicted molar refractivity (Wildman–Crippen MR) is 70.2 cm³/mol.